The van der Waals surface area contributed by atoms with Crippen molar-refractivity contribution in [3.05, 3.63) is 89.5 Å². The number of ether oxygens (including phenoxy) is 3. The standard InChI is InChI=1S/C27H29NO4/c1-3-27(29)28(18-20-9-5-4-6-10-20)16-15-22(23-11-7-8-12-24(23)30-2)21-13-14-25-26(17-21)32-19-31-25/h4-14,17,22H,3,15-16,18-19H2,1-2H3/t22-/m0/s1. The van der Waals surface area contributed by atoms with Gasteiger partial charge in [0.05, 0.1) is 7.11 Å². The zero-order valence-corrected chi connectivity index (χ0v) is 18.6. The summed E-state index contributed by atoms with van der Waals surface area (Å²) in [5, 5.41) is 0. The number of hydrogen-bond donors (Lipinski definition) is 0. The number of rotatable bonds is 9. The molecule has 0 bridgehead atoms. The van der Waals surface area contributed by atoms with Crippen LogP contribution in [-0.4, -0.2) is 31.3 Å². The fourth-order valence-electron chi connectivity index (χ4n) is 4.19. The minimum Gasteiger partial charge on any atom is -0.496 e. The predicted octanol–water partition coefficient (Wildman–Crippen LogP) is 5.38. The highest BCUT2D eigenvalue weighted by Crippen LogP contribution is 2.40. The second-order valence-electron chi connectivity index (χ2n) is 7.85. The van der Waals surface area contributed by atoms with Crippen LogP contribution in [0.1, 0.15) is 42.4 Å². The van der Waals surface area contributed by atoms with Crippen LogP contribution >= 0.6 is 0 Å². The first-order chi connectivity index (χ1) is 15.7. The number of fused-ring (bicyclic) bond motifs is 1. The van der Waals surface area contributed by atoms with Gasteiger partial charge in [0.1, 0.15) is 5.75 Å². The lowest BCUT2D eigenvalue weighted by Gasteiger charge is -2.27. The molecule has 1 heterocycles. The van der Waals surface area contributed by atoms with Gasteiger partial charge < -0.3 is 19.1 Å². The summed E-state index contributed by atoms with van der Waals surface area (Å²) in [4.78, 5) is 14.7. The van der Waals surface area contributed by atoms with Crippen LogP contribution in [0, 0.1) is 0 Å². The Balaban J connectivity index is 1.63. The maximum Gasteiger partial charge on any atom is 0.231 e. The highest BCUT2D eigenvalue weighted by Gasteiger charge is 2.23. The highest BCUT2D eigenvalue weighted by atomic mass is 16.7. The molecule has 5 nitrogen and oxygen atoms in total. The van der Waals surface area contributed by atoms with Crippen LogP contribution in [0.25, 0.3) is 0 Å². The summed E-state index contributed by atoms with van der Waals surface area (Å²) in [5.41, 5.74) is 3.34. The highest BCUT2D eigenvalue weighted by molar-refractivity contribution is 5.75. The second-order valence-corrected chi connectivity index (χ2v) is 7.85. The molecule has 0 saturated heterocycles. The molecule has 166 valence electrons. The van der Waals surface area contributed by atoms with Gasteiger partial charge in [-0.1, -0.05) is 61.5 Å². The van der Waals surface area contributed by atoms with E-state index in [1.165, 1.54) is 0 Å². The van der Waals surface area contributed by atoms with Crippen LogP contribution in [0.5, 0.6) is 17.2 Å². The van der Waals surface area contributed by atoms with Crippen LogP contribution in [0.3, 0.4) is 0 Å². The van der Waals surface area contributed by atoms with Crippen molar-refractivity contribution in [2.24, 2.45) is 0 Å². The van der Waals surface area contributed by atoms with E-state index in [0.717, 1.165) is 40.4 Å². The minimum absolute atomic E-state index is 0.0450. The smallest absolute Gasteiger partial charge is 0.231 e. The van der Waals surface area contributed by atoms with Gasteiger partial charge in [-0.3, -0.25) is 4.79 Å². The molecule has 0 unspecified atom stereocenters. The lowest BCUT2D eigenvalue weighted by Crippen LogP contribution is -2.31. The van der Waals surface area contributed by atoms with Gasteiger partial charge in [-0.25, -0.2) is 0 Å². The summed E-state index contributed by atoms with van der Waals surface area (Å²) >= 11 is 0. The Morgan fingerprint density at radius 3 is 2.53 bits per heavy atom. The van der Waals surface area contributed by atoms with E-state index in [-0.39, 0.29) is 18.6 Å². The Kier molecular flexibility index (Phi) is 6.95. The molecule has 1 atom stereocenters. The number of nitrogens with zero attached hydrogens (tertiary/aromatic N) is 1. The molecule has 32 heavy (non-hydrogen) atoms. The summed E-state index contributed by atoms with van der Waals surface area (Å²) < 4.78 is 16.8. The third-order valence-corrected chi connectivity index (χ3v) is 5.87. The number of benzene rings is 3. The van der Waals surface area contributed by atoms with E-state index in [2.05, 4.69) is 24.3 Å². The molecule has 3 aromatic carbocycles. The molecule has 0 aromatic heterocycles. The van der Waals surface area contributed by atoms with Crippen molar-refractivity contribution in [1.82, 2.24) is 4.90 Å². The predicted molar refractivity (Wildman–Crippen MR) is 124 cm³/mol. The number of carbonyl (C=O) groups excluding carboxylic acids is 1. The van der Waals surface area contributed by atoms with Gasteiger partial charge in [0.15, 0.2) is 11.5 Å². The Morgan fingerprint density at radius 1 is 1.00 bits per heavy atom. The van der Waals surface area contributed by atoms with E-state index in [4.69, 9.17) is 14.2 Å². The molecular formula is C27H29NO4. The van der Waals surface area contributed by atoms with Crippen molar-refractivity contribution in [3.8, 4) is 17.2 Å². The number of carbonyl (C=O) groups is 1. The third kappa shape index (κ3) is 4.88. The second kappa shape index (κ2) is 10.2. The summed E-state index contributed by atoms with van der Waals surface area (Å²) in [7, 11) is 1.69. The van der Waals surface area contributed by atoms with Crippen molar-refractivity contribution in [3.63, 3.8) is 0 Å². The molecule has 4 rings (SSSR count). The Labute approximate surface area is 189 Å². The molecular weight excluding hydrogens is 402 g/mol. The van der Waals surface area contributed by atoms with Gasteiger partial charge in [0.25, 0.3) is 0 Å². The molecule has 0 aliphatic carbocycles. The minimum atomic E-state index is 0.0450. The Hall–Kier alpha value is -3.47. The maximum absolute atomic E-state index is 12.7. The molecule has 0 radical (unpaired) electrons. The Bertz CT molecular complexity index is 1050. The normalized spacial score (nSPS) is 12.9. The summed E-state index contributed by atoms with van der Waals surface area (Å²) in [6, 6.07) is 24.3. The molecule has 5 heteroatoms. The fourth-order valence-corrected chi connectivity index (χ4v) is 4.19. The quantitative estimate of drug-likeness (QED) is 0.456. The molecule has 0 fully saturated rings. The third-order valence-electron chi connectivity index (χ3n) is 5.87. The van der Waals surface area contributed by atoms with Crippen molar-refractivity contribution in [2.45, 2.75) is 32.2 Å². The number of methoxy groups -OCH3 is 1. The van der Waals surface area contributed by atoms with E-state index in [1.54, 1.807) is 7.11 Å². The van der Waals surface area contributed by atoms with Gasteiger partial charge in [0, 0.05) is 31.0 Å². The van der Waals surface area contributed by atoms with Gasteiger partial charge in [-0.05, 0) is 35.7 Å². The monoisotopic (exact) mass is 431 g/mol. The van der Waals surface area contributed by atoms with Gasteiger partial charge in [0.2, 0.25) is 12.7 Å². The average molecular weight is 432 g/mol. The number of para-hydroxylation sites is 1. The molecule has 1 aliphatic heterocycles. The topological polar surface area (TPSA) is 48.0 Å². The van der Waals surface area contributed by atoms with Crippen molar-refractivity contribution in [1.29, 1.82) is 0 Å². The van der Waals surface area contributed by atoms with Crippen molar-refractivity contribution >= 4 is 5.91 Å². The molecule has 0 N–H and O–H groups in total. The van der Waals surface area contributed by atoms with E-state index in [0.29, 0.717) is 19.5 Å². The number of amides is 1. The van der Waals surface area contributed by atoms with Crippen molar-refractivity contribution < 1.29 is 19.0 Å². The van der Waals surface area contributed by atoms with Crippen LogP contribution in [0.2, 0.25) is 0 Å². The van der Waals surface area contributed by atoms with Crippen LogP contribution in [0.4, 0.5) is 0 Å². The van der Waals surface area contributed by atoms with E-state index >= 15 is 0 Å². The zero-order valence-electron chi connectivity index (χ0n) is 18.6. The lowest BCUT2D eigenvalue weighted by molar-refractivity contribution is -0.131. The summed E-state index contributed by atoms with van der Waals surface area (Å²) in [6.45, 7) is 3.40. The summed E-state index contributed by atoms with van der Waals surface area (Å²) in [6.07, 6.45) is 1.24. The molecule has 1 amide bonds. The van der Waals surface area contributed by atoms with Crippen molar-refractivity contribution in [2.75, 3.05) is 20.4 Å². The first-order valence-corrected chi connectivity index (χ1v) is 11.0. The van der Waals surface area contributed by atoms with E-state index in [9.17, 15) is 4.79 Å². The summed E-state index contributed by atoms with van der Waals surface area (Å²) in [5.74, 6) is 2.56. The molecule has 1 aliphatic rings. The molecule has 0 saturated carbocycles. The molecule has 3 aromatic rings. The van der Waals surface area contributed by atoms with Gasteiger partial charge in [-0.2, -0.15) is 0 Å². The van der Waals surface area contributed by atoms with Crippen LogP contribution in [0.15, 0.2) is 72.8 Å². The number of hydrogen-bond acceptors (Lipinski definition) is 4. The van der Waals surface area contributed by atoms with E-state index < -0.39 is 0 Å². The fraction of sp³-hybridized carbons (Fsp3) is 0.296. The molecule has 0 spiro atoms. The zero-order chi connectivity index (χ0) is 22.3. The van der Waals surface area contributed by atoms with Gasteiger partial charge >= 0.3 is 0 Å². The lowest BCUT2D eigenvalue weighted by atomic mass is 9.87. The maximum atomic E-state index is 12.7. The largest absolute Gasteiger partial charge is 0.496 e. The Morgan fingerprint density at radius 2 is 1.75 bits per heavy atom. The van der Waals surface area contributed by atoms with Crippen LogP contribution in [-0.2, 0) is 11.3 Å². The first kappa shape index (κ1) is 21.8. The van der Waals surface area contributed by atoms with Gasteiger partial charge in [-0.15, -0.1) is 0 Å². The SMILES string of the molecule is CCC(=O)N(CC[C@@H](c1ccc2c(c1)OCO2)c1ccccc1OC)Cc1ccccc1. The van der Waals surface area contributed by atoms with E-state index in [1.807, 2.05) is 60.4 Å². The van der Waals surface area contributed by atoms with Crippen LogP contribution < -0.4 is 14.2 Å². The first-order valence-electron chi connectivity index (χ1n) is 11.0. The average Bonchev–Trinajstić information content (AvgIpc) is 3.32.